The SMILES string of the molecule is NC(COC(=O)Nc1c[c]ccc1)C(=O)O. The minimum atomic E-state index is -1.22. The summed E-state index contributed by atoms with van der Waals surface area (Å²) < 4.78 is 4.60. The van der Waals surface area contributed by atoms with Crippen LogP contribution in [0.2, 0.25) is 0 Å². The van der Waals surface area contributed by atoms with Crippen molar-refractivity contribution in [3.8, 4) is 0 Å². The maximum Gasteiger partial charge on any atom is 0.411 e. The van der Waals surface area contributed by atoms with Crippen LogP contribution in [0.15, 0.2) is 24.3 Å². The topological polar surface area (TPSA) is 102 Å². The predicted molar refractivity (Wildman–Crippen MR) is 55.9 cm³/mol. The number of rotatable bonds is 4. The third-order valence-corrected chi connectivity index (χ3v) is 1.66. The molecule has 0 fully saturated rings. The van der Waals surface area contributed by atoms with Crippen LogP contribution < -0.4 is 11.1 Å². The molecule has 1 aromatic carbocycles. The van der Waals surface area contributed by atoms with Gasteiger partial charge in [-0.25, -0.2) is 4.79 Å². The smallest absolute Gasteiger partial charge is 0.411 e. The number of anilines is 1. The lowest BCUT2D eigenvalue weighted by atomic mass is 10.3. The van der Waals surface area contributed by atoms with Crippen LogP contribution in [-0.4, -0.2) is 29.8 Å². The van der Waals surface area contributed by atoms with Crippen LogP contribution in [0.3, 0.4) is 0 Å². The second kappa shape index (κ2) is 5.72. The minimum absolute atomic E-state index is 0.377. The van der Waals surface area contributed by atoms with E-state index in [9.17, 15) is 9.59 Å². The lowest BCUT2D eigenvalue weighted by Crippen LogP contribution is -2.36. The third-order valence-electron chi connectivity index (χ3n) is 1.66. The molecule has 0 aliphatic rings. The van der Waals surface area contributed by atoms with Gasteiger partial charge in [-0.15, -0.1) is 0 Å². The highest BCUT2D eigenvalue weighted by Gasteiger charge is 2.13. The van der Waals surface area contributed by atoms with Gasteiger partial charge in [-0.1, -0.05) is 12.1 Å². The van der Waals surface area contributed by atoms with Gasteiger partial charge in [0.15, 0.2) is 0 Å². The van der Waals surface area contributed by atoms with E-state index in [1.807, 2.05) is 0 Å². The number of benzene rings is 1. The van der Waals surface area contributed by atoms with Crippen molar-refractivity contribution in [3.63, 3.8) is 0 Å². The molecule has 0 saturated carbocycles. The van der Waals surface area contributed by atoms with E-state index in [2.05, 4.69) is 16.1 Å². The Hall–Kier alpha value is -2.08. The Kier molecular flexibility index (Phi) is 4.28. The number of amides is 1. The first-order valence-electron chi connectivity index (χ1n) is 4.48. The molecule has 0 aliphatic heterocycles. The molecule has 6 nitrogen and oxygen atoms in total. The van der Waals surface area contributed by atoms with Gasteiger partial charge >= 0.3 is 12.1 Å². The zero-order valence-electron chi connectivity index (χ0n) is 8.34. The second-order valence-electron chi connectivity index (χ2n) is 2.96. The number of nitrogens with two attached hydrogens (primary N) is 1. The monoisotopic (exact) mass is 223 g/mol. The van der Waals surface area contributed by atoms with Crippen molar-refractivity contribution in [1.82, 2.24) is 0 Å². The van der Waals surface area contributed by atoms with E-state index in [1.54, 1.807) is 24.3 Å². The lowest BCUT2D eigenvalue weighted by molar-refractivity contribution is -0.139. The van der Waals surface area contributed by atoms with Crippen molar-refractivity contribution in [2.24, 2.45) is 5.73 Å². The minimum Gasteiger partial charge on any atom is -0.480 e. The number of carboxylic acid groups (broad SMARTS) is 1. The molecule has 6 heteroatoms. The van der Waals surface area contributed by atoms with Crippen LogP contribution in [0.4, 0.5) is 10.5 Å². The summed E-state index contributed by atoms with van der Waals surface area (Å²) in [6, 6.07) is 8.12. The van der Waals surface area contributed by atoms with E-state index in [0.29, 0.717) is 5.69 Å². The summed E-state index contributed by atoms with van der Waals surface area (Å²) >= 11 is 0. The summed E-state index contributed by atoms with van der Waals surface area (Å²) in [6.45, 7) is -0.377. The molecule has 1 atom stereocenters. The molecular weight excluding hydrogens is 212 g/mol. The number of nitrogens with one attached hydrogen (secondary N) is 1. The van der Waals surface area contributed by atoms with Crippen molar-refractivity contribution in [3.05, 3.63) is 30.3 Å². The number of carbonyl (C=O) groups is 2. The summed E-state index contributed by atoms with van der Waals surface area (Å²) in [5.74, 6) is -1.22. The average molecular weight is 223 g/mol. The molecule has 0 saturated heterocycles. The van der Waals surface area contributed by atoms with Crippen molar-refractivity contribution in [1.29, 1.82) is 0 Å². The zero-order valence-corrected chi connectivity index (χ0v) is 8.34. The van der Waals surface area contributed by atoms with Crippen LogP contribution in [0.5, 0.6) is 0 Å². The van der Waals surface area contributed by atoms with Crippen LogP contribution in [0.25, 0.3) is 0 Å². The number of aliphatic carboxylic acids is 1. The van der Waals surface area contributed by atoms with Gasteiger partial charge in [0.2, 0.25) is 0 Å². The Morgan fingerprint density at radius 2 is 2.38 bits per heavy atom. The van der Waals surface area contributed by atoms with Gasteiger partial charge < -0.3 is 15.6 Å². The van der Waals surface area contributed by atoms with Crippen molar-refractivity contribution in [2.75, 3.05) is 11.9 Å². The largest absolute Gasteiger partial charge is 0.480 e. The quantitative estimate of drug-likeness (QED) is 0.687. The molecule has 1 radical (unpaired) electrons. The van der Waals surface area contributed by atoms with Crippen LogP contribution in [0, 0.1) is 6.07 Å². The summed E-state index contributed by atoms with van der Waals surface area (Å²) in [4.78, 5) is 21.5. The molecule has 1 amide bonds. The summed E-state index contributed by atoms with van der Waals surface area (Å²) in [5.41, 5.74) is 5.66. The summed E-state index contributed by atoms with van der Waals surface area (Å²) in [6.07, 6.45) is -0.753. The highest BCUT2D eigenvalue weighted by molar-refractivity contribution is 5.84. The molecule has 0 aliphatic carbocycles. The molecule has 0 bridgehead atoms. The van der Waals surface area contributed by atoms with E-state index in [1.165, 1.54) is 0 Å². The second-order valence-corrected chi connectivity index (χ2v) is 2.96. The van der Waals surface area contributed by atoms with Gasteiger partial charge in [-0.3, -0.25) is 10.1 Å². The Balaban J connectivity index is 2.35. The van der Waals surface area contributed by atoms with Crippen LogP contribution in [0.1, 0.15) is 0 Å². The van der Waals surface area contributed by atoms with E-state index in [4.69, 9.17) is 10.8 Å². The molecule has 1 rings (SSSR count). The molecule has 0 spiro atoms. The van der Waals surface area contributed by atoms with E-state index in [-0.39, 0.29) is 6.61 Å². The van der Waals surface area contributed by atoms with Gasteiger partial charge in [-0.05, 0) is 18.2 Å². The molecule has 1 unspecified atom stereocenters. The Bertz CT molecular complexity index is 366. The van der Waals surface area contributed by atoms with Crippen LogP contribution >= 0.6 is 0 Å². The van der Waals surface area contributed by atoms with Crippen molar-refractivity contribution >= 4 is 17.7 Å². The predicted octanol–water partition coefficient (Wildman–Crippen LogP) is 0.447. The Morgan fingerprint density at radius 1 is 1.62 bits per heavy atom. The normalized spacial score (nSPS) is 11.6. The molecular formula is C10H11N2O4. The van der Waals surface area contributed by atoms with Gasteiger partial charge in [0.25, 0.3) is 0 Å². The first kappa shape index (κ1) is 12.0. The first-order valence-corrected chi connectivity index (χ1v) is 4.48. The molecule has 0 heterocycles. The van der Waals surface area contributed by atoms with Gasteiger partial charge in [0, 0.05) is 5.69 Å². The van der Waals surface area contributed by atoms with Crippen LogP contribution in [-0.2, 0) is 9.53 Å². The molecule has 4 N–H and O–H groups in total. The fourth-order valence-electron chi connectivity index (χ4n) is 0.862. The molecule has 85 valence electrons. The standard InChI is InChI=1S/C10H11N2O4/c11-8(9(13)14)6-16-10(15)12-7-4-2-1-3-5-7/h1-2,4-5,8H,6,11H2,(H,12,15)(H,13,14). The van der Waals surface area contributed by atoms with Crippen molar-refractivity contribution in [2.45, 2.75) is 6.04 Å². The fraction of sp³-hybridized carbons (Fsp3) is 0.200. The summed E-state index contributed by atoms with van der Waals surface area (Å²) in [7, 11) is 0. The number of ether oxygens (including phenoxy) is 1. The number of carbonyl (C=O) groups excluding carboxylic acids is 1. The fourth-order valence-corrected chi connectivity index (χ4v) is 0.862. The van der Waals surface area contributed by atoms with E-state index >= 15 is 0 Å². The maximum atomic E-state index is 11.1. The molecule has 16 heavy (non-hydrogen) atoms. The lowest BCUT2D eigenvalue weighted by Gasteiger charge is -2.08. The average Bonchev–Trinajstić information content (AvgIpc) is 2.27. The Labute approximate surface area is 92.0 Å². The Morgan fingerprint density at radius 3 is 2.94 bits per heavy atom. The summed E-state index contributed by atoms with van der Waals surface area (Å²) in [5, 5.41) is 10.8. The number of carboxylic acids is 1. The number of hydrogen-bond acceptors (Lipinski definition) is 4. The zero-order chi connectivity index (χ0) is 12.0. The van der Waals surface area contributed by atoms with E-state index in [0.717, 1.165) is 0 Å². The molecule has 1 aromatic rings. The van der Waals surface area contributed by atoms with E-state index < -0.39 is 18.1 Å². The maximum absolute atomic E-state index is 11.1. The van der Waals surface area contributed by atoms with Gasteiger partial charge in [0.1, 0.15) is 12.6 Å². The highest BCUT2D eigenvalue weighted by Crippen LogP contribution is 2.04. The highest BCUT2D eigenvalue weighted by atomic mass is 16.5. The number of hydrogen-bond donors (Lipinski definition) is 3. The van der Waals surface area contributed by atoms with Gasteiger partial charge in [0.05, 0.1) is 0 Å². The molecule has 0 aromatic heterocycles. The first-order chi connectivity index (χ1) is 7.59. The van der Waals surface area contributed by atoms with Gasteiger partial charge in [-0.2, -0.15) is 0 Å². The van der Waals surface area contributed by atoms with Crippen molar-refractivity contribution < 1.29 is 19.4 Å². The third kappa shape index (κ3) is 3.97.